The Morgan fingerprint density at radius 1 is 1.11 bits per heavy atom. The van der Waals surface area contributed by atoms with E-state index in [1.165, 1.54) is 0 Å². The largest absolute Gasteiger partial charge is 0.481 e. The molecule has 7 nitrogen and oxygen atoms in total. The monoisotopic (exact) mass is 518 g/mol. The van der Waals surface area contributed by atoms with Crippen molar-refractivity contribution in [1.29, 1.82) is 0 Å². The van der Waals surface area contributed by atoms with Crippen molar-refractivity contribution >= 4 is 5.97 Å². The van der Waals surface area contributed by atoms with E-state index in [0.717, 1.165) is 52.8 Å². The van der Waals surface area contributed by atoms with E-state index in [9.17, 15) is 14.7 Å². The van der Waals surface area contributed by atoms with Gasteiger partial charge in [0.15, 0.2) is 0 Å². The summed E-state index contributed by atoms with van der Waals surface area (Å²) < 4.78 is 1.79. The lowest BCUT2D eigenvalue weighted by Crippen LogP contribution is -2.35. The van der Waals surface area contributed by atoms with E-state index < -0.39 is 12.0 Å². The lowest BCUT2D eigenvalue weighted by molar-refractivity contribution is -0.137. The van der Waals surface area contributed by atoms with Gasteiger partial charge in [-0.25, -0.2) is 0 Å². The molecular weight excluding hydrogens is 476 g/mol. The highest BCUT2D eigenvalue weighted by molar-refractivity contribution is 5.71. The van der Waals surface area contributed by atoms with E-state index in [-0.39, 0.29) is 18.0 Å². The zero-order chi connectivity index (χ0) is 27.8. The second kappa shape index (κ2) is 13.5. The fourth-order valence-electron chi connectivity index (χ4n) is 5.00. The molecule has 0 saturated heterocycles. The first-order valence-electron chi connectivity index (χ1n) is 13.4. The molecule has 3 aromatic rings. The number of rotatable bonds is 13. The third-order valence-corrected chi connectivity index (χ3v) is 6.91. The maximum atomic E-state index is 13.1. The van der Waals surface area contributed by atoms with Gasteiger partial charge in [0.1, 0.15) is 0 Å². The number of benzene rings is 1. The predicted octanol–water partition coefficient (Wildman–Crippen LogP) is 5.02. The van der Waals surface area contributed by atoms with E-state index in [1.54, 1.807) is 16.8 Å². The van der Waals surface area contributed by atoms with Crippen LogP contribution in [0.3, 0.4) is 0 Å². The average molecular weight is 519 g/mol. The number of carboxylic acid groups (broad SMARTS) is 1. The Kier molecular flexibility index (Phi) is 10.4. The van der Waals surface area contributed by atoms with Crippen molar-refractivity contribution < 1.29 is 9.90 Å². The van der Waals surface area contributed by atoms with E-state index in [0.29, 0.717) is 12.5 Å². The van der Waals surface area contributed by atoms with Crippen molar-refractivity contribution in [3.05, 3.63) is 87.6 Å². The predicted molar refractivity (Wildman–Crippen MR) is 154 cm³/mol. The highest BCUT2D eigenvalue weighted by Gasteiger charge is 2.21. The topological polar surface area (TPSA) is 87.5 Å². The smallest absolute Gasteiger partial charge is 0.305 e. The molecule has 0 bridgehead atoms. The van der Waals surface area contributed by atoms with Gasteiger partial charge in [0.2, 0.25) is 0 Å². The molecule has 0 fully saturated rings. The van der Waals surface area contributed by atoms with Crippen molar-refractivity contribution in [2.75, 3.05) is 27.2 Å². The van der Waals surface area contributed by atoms with Crippen molar-refractivity contribution in [1.82, 2.24) is 19.8 Å². The van der Waals surface area contributed by atoms with Crippen LogP contribution in [0.4, 0.5) is 0 Å². The molecule has 0 aliphatic rings. The third kappa shape index (κ3) is 8.10. The highest BCUT2D eigenvalue weighted by atomic mass is 16.4. The number of hydrogen-bond acceptors (Lipinski definition) is 5. The van der Waals surface area contributed by atoms with E-state index in [4.69, 9.17) is 0 Å². The van der Waals surface area contributed by atoms with Crippen LogP contribution in [0.15, 0.2) is 59.8 Å². The van der Waals surface area contributed by atoms with Crippen LogP contribution in [0.2, 0.25) is 0 Å². The quantitative estimate of drug-likeness (QED) is 0.330. The number of hydrogen-bond donors (Lipinski definition) is 2. The van der Waals surface area contributed by atoms with Crippen LogP contribution in [0.25, 0.3) is 11.1 Å². The zero-order valence-electron chi connectivity index (χ0n) is 23.6. The molecule has 0 radical (unpaired) electrons. The van der Waals surface area contributed by atoms with E-state index in [2.05, 4.69) is 55.0 Å². The number of carbonyl (C=O) groups is 1. The first kappa shape index (κ1) is 29.3. The minimum Gasteiger partial charge on any atom is -0.481 e. The van der Waals surface area contributed by atoms with Crippen molar-refractivity contribution in [3.63, 3.8) is 0 Å². The van der Waals surface area contributed by atoms with Gasteiger partial charge in [0, 0.05) is 55.4 Å². The van der Waals surface area contributed by atoms with Gasteiger partial charge in [-0.1, -0.05) is 32.0 Å². The minimum absolute atomic E-state index is 0.0258. The van der Waals surface area contributed by atoms with Crippen LogP contribution >= 0.6 is 0 Å². The summed E-state index contributed by atoms with van der Waals surface area (Å²) in [5.74, 6) is -0.517. The molecule has 0 aliphatic carbocycles. The van der Waals surface area contributed by atoms with Gasteiger partial charge in [0.25, 0.3) is 5.56 Å². The summed E-state index contributed by atoms with van der Waals surface area (Å²) >= 11 is 0. The molecule has 1 aromatic carbocycles. The Labute approximate surface area is 226 Å². The normalized spacial score (nSPS) is 13.2. The van der Waals surface area contributed by atoms with Crippen molar-refractivity contribution in [2.45, 2.75) is 59.0 Å². The summed E-state index contributed by atoms with van der Waals surface area (Å²) in [7, 11) is 4.04. The zero-order valence-corrected chi connectivity index (χ0v) is 23.6. The van der Waals surface area contributed by atoms with Gasteiger partial charge in [-0.3, -0.25) is 14.6 Å². The Balaban J connectivity index is 1.87. The summed E-state index contributed by atoms with van der Waals surface area (Å²) in [6.45, 7) is 9.77. The molecule has 2 heterocycles. The fourth-order valence-corrected chi connectivity index (χ4v) is 5.00. The lowest BCUT2D eigenvalue weighted by atomic mass is 9.94. The van der Waals surface area contributed by atoms with Crippen LogP contribution in [-0.4, -0.2) is 52.7 Å². The number of aliphatic carboxylic acids is 1. The molecule has 0 aliphatic heterocycles. The molecule has 0 saturated carbocycles. The fraction of sp³-hybridized carbons (Fsp3) is 0.452. The molecule has 1 unspecified atom stereocenters. The third-order valence-electron chi connectivity index (χ3n) is 6.91. The molecule has 7 heteroatoms. The number of nitrogens with zero attached hydrogens (tertiary/aromatic N) is 3. The van der Waals surface area contributed by atoms with Crippen molar-refractivity contribution in [3.8, 4) is 11.1 Å². The summed E-state index contributed by atoms with van der Waals surface area (Å²) in [5.41, 5.74) is 6.21. The molecule has 2 aromatic heterocycles. The molecule has 0 spiro atoms. The van der Waals surface area contributed by atoms with Gasteiger partial charge in [-0.15, -0.1) is 0 Å². The van der Waals surface area contributed by atoms with E-state index in [1.807, 2.05) is 44.7 Å². The number of aromatic nitrogens is 2. The molecule has 2 atom stereocenters. The summed E-state index contributed by atoms with van der Waals surface area (Å²) in [6.07, 6.45) is 6.99. The average Bonchev–Trinajstić information content (AvgIpc) is 2.84. The van der Waals surface area contributed by atoms with Crippen LogP contribution in [0.5, 0.6) is 0 Å². The molecule has 3 rings (SSSR count). The van der Waals surface area contributed by atoms with Gasteiger partial charge in [-0.05, 0) is 86.7 Å². The van der Waals surface area contributed by atoms with Crippen LogP contribution < -0.4 is 10.9 Å². The number of likely N-dealkylation sites (N-methyl/N-ethyl adjacent to an activating group) is 1. The molecule has 38 heavy (non-hydrogen) atoms. The van der Waals surface area contributed by atoms with Gasteiger partial charge >= 0.3 is 5.97 Å². The van der Waals surface area contributed by atoms with Gasteiger partial charge in [0.05, 0.1) is 6.42 Å². The standard InChI is InChI=1S/C31H42N4O3/c1-21(2)14-27(35-13-11-24(15-29(35)36)10-12-34(5)6)20-33-28(17-30(37)38)25-16-26(19-32-18-25)31-22(3)8-7-9-23(31)4/h7-9,11,13,15-16,18-19,21,27-28,33H,10,12,14,17,20H2,1-6H3,(H,37,38)/t27?,28-/m0/s1. The van der Waals surface area contributed by atoms with Gasteiger partial charge < -0.3 is 19.9 Å². The van der Waals surface area contributed by atoms with Gasteiger partial charge in [-0.2, -0.15) is 0 Å². The number of carboxylic acids is 1. The molecule has 0 amide bonds. The second-order valence-corrected chi connectivity index (χ2v) is 10.9. The van der Waals surface area contributed by atoms with E-state index >= 15 is 0 Å². The Morgan fingerprint density at radius 3 is 2.42 bits per heavy atom. The van der Waals surface area contributed by atoms with Crippen LogP contribution in [0.1, 0.15) is 61.0 Å². The highest BCUT2D eigenvalue weighted by Crippen LogP contribution is 2.29. The maximum absolute atomic E-state index is 13.1. The SMILES string of the molecule is Cc1cccc(C)c1-c1cncc([C@H](CC(=O)O)NCC(CC(C)C)n2ccc(CCN(C)C)cc2=O)c1. The molecular formula is C31H42N4O3. The molecule has 2 N–H and O–H groups in total. The number of nitrogens with one attached hydrogen (secondary N) is 1. The number of pyridine rings is 2. The van der Waals surface area contributed by atoms with Crippen LogP contribution in [0, 0.1) is 19.8 Å². The Morgan fingerprint density at radius 2 is 1.82 bits per heavy atom. The maximum Gasteiger partial charge on any atom is 0.305 e. The van der Waals surface area contributed by atoms with Crippen LogP contribution in [-0.2, 0) is 11.2 Å². The minimum atomic E-state index is -0.886. The first-order chi connectivity index (χ1) is 18.0. The summed E-state index contributed by atoms with van der Waals surface area (Å²) in [4.78, 5) is 31.5. The Hall–Kier alpha value is -3.29. The number of aryl methyl sites for hydroxylation is 2. The summed E-state index contributed by atoms with van der Waals surface area (Å²) in [5, 5.41) is 13.2. The lowest BCUT2D eigenvalue weighted by Gasteiger charge is -2.26. The molecule has 204 valence electrons. The first-order valence-corrected chi connectivity index (χ1v) is 13.4. The second-order valence-electron chi connectivity index (χ2n) is 10.9. The Bertz CT molecular complexity index is 1260. The summed E-state index contributed by atoms with van der Waals surface area (Å²) in [6, 6.07) is 11.4. The van der Waals surface area contributed by atoms with Crippen molar-refractivity contribution in [2.24, 2.45) is 5.92 Å².